The van der Waals surface area contributed by atoms with E-state index in [2.05, 4.69) is 22.5 Å². The van der Waals surface area contributed by atoms with Crippen LogP contribution < -0.4 is 16.4 Å². The fourth-order valence-corrected chi connectivity index (χ4v) is 5.77. The first kappa shape index (κ1) is 20.9. The van der Waals surface area contributed by atoms with Crippen molar-refractivity contribution in [3.05, 3.63) is 45.3 Å². The molecule has 2 aromatic rings. The minimum Gasteiger partial charge on any atom is -0.365 e. The molecule has 0 spiro atoms. The Kier molecular flexibility index (Phi) is 6.19. The van der Waals surface area contributed by atoms with Gasteiger partial charge in [0.25, 0.3) is 5.91 Å². The monoisotopic (exact) mass is 440 g/mol. The van der Waals surface area contributed by atoms with E-state index in [0.29, 0.717) is 33.4 Å². The Morgan fingerprint density at radius 3 is 2.61 bits per heavy atom. The first-order valence-corrected chi connectivity index (χ1v) is 10.2. The number of nitrogens with one attached hydrogen (secondary N) is 2. The molecule has 1 aromatic carbocycles. The Bertz CT molecular complexity index is 900. The van der Waals surface area contributed by atoms with Gasteiger partial charge in [-0.05, 0) is 55.6 Å². The summed E-state index contributed by atoms with van der Waals surface area (Å²) in [6.07, 6.45) is 3.04. The molecule has 2 bridgehead atoms. The maximum absolute atomic E-state index is 12.4. The summed E-state index contributed by atoms with van der Waals surface area (Å²) in [7, 11) is 0. The Morgan fingerprint density at radius 1 is 1.25 bits per heavy atom. The van der Waals surface area contributed by atoms with Crippen molar-refractivity contribution in [2.75, 3.05) is 17.2 Å². The Labute approximate surface area is 178 Å². The molecule has 4 N–H and O–H groups in total. The van der Waals surface area contributed by atoms with Crippen LogP contribution in [0.3, 0.4) is 0 Å². The Hall–Kier alpha value is -1.80. The molecule has 2 unspecified atom stereocenters. The number of carbonyl (C=O) groups excluding carboxylic acids is 2. The molecular formula is C19H22Cl2N4O2S. The fourth-order valence-electron chi connectivity index (χ4n) is 4.25. The first-order valence-electron chi connectivity index (χ1n) is 9.02. The number of fused-ring (bicyclic) bond motifs is 4. The van der Waals surface area contributed by atoms with Gasteiger partial charge in [-0.3, -0.25) is 15.0 Å². The van der Waals surface area contributed by atoms with Crippen molar-refractivity contribution in [2.45, 2.75) is 38.3 Å². The summed E-state index contributed by atoms with van der Waals surface area (Å²) in [5.74, 6) is -0.487. The number of benzene rings is 1. The number of primary amides is 1. The standard InChI is InChI=1S/C19H21ClN4O2S.ClH/c1-2-24-12-7-8-14(24)16-13(9-12)15(17(21)25)18(27-16)23-19(26)22-11-5-3-10(20)4-6-11;/h3-6,12,14H,2,7-9H2,1H3,(H2,21,25)(H2,22,23,26);1H. The number of likely N-dealkylation sites (N-methyl/N-ethyl adjacent to an activating group) is 1. The van der Waals surface area contributed by atoms with Gasteiger partial charge in [-0.15, -0.1) is 23.7 Å². The highest BCUT2D eigenvalue weighted by Crippen LogP contribution is 2.50. The molecule has 150 valence electrons. The number of urea groups is 1. The minimum atomic E-state index is -0.487. The molecule has 6 nitrogen and oxygen atoms in total. The summed E-state index contributed by atoms with van der Waals surface area (Å²) in [4.78, 5) is 28.2. The second-order valence-corrected chi connectivity index (χ2v) is 8.37. The predicted octanol–water partition coefficient (Wildman–Crippen LogP) is 4.65. The normalized spacial score (nSPS) is 20.2. The molecule has 0 aliphatic carbocycles. The van der Waals surface area contributed by atoms with Gasteiger partial charge in [0, 0.05) is 27.7 Å². The highest BCUT2D eigenvalue weighted by Gasteiger charge is 2.42. The second-order valence-electron chi connectivity index (χ2n) is 6.88. The third-order valence-corrected chi connectivity index (χ3v) is 6.86. The lowest BCUT2D eigenvalue weighted by atomic mass is 9.96. The smallest absolute Gasteiger partial charge is 0.324 e. The van der Waals surface area contributed by atoms with Crippen molar-refractivity contribution >= 4 is 58.0 Å². The van der Waals surface area contributed by atoms with Gasteiger partial charge < -0.3 is 11.1 Å². The van der Waals surface area contributed by atoms with Gasteiger partial charge in [0.15, 0.2) is 0 Å². The number of hydrogen-bond acceptors (Lipinski definition) is 4. The largest absolute Gasteiger partial charge is 0.365 e. The SMILES string of the molecule is CCN1C2CCC1c1sc(NC(=O)Nc3ccc(Cl)cc3)c(C(N)=O)c1C2.Cl. The molecule has 4 rings (SSSR count). The summed E-state index contributed by atoms with van der Waals surface area (Å²) < 4.78 is 0. The summed E-state index contributed by atoms with van der Waals surface area (Å²) >= 11 is 7.34. The maximum atomic E-state index is 12.4. The molecule has 28 heavy (non-hydrogen) atoms. The van der Waals surface area contributed by atoms with E-state index in [0.717, 1.165) is 31.4 Å². The van der Waals surface area contributed by atoms with Gasteiger partial charge in [0.05, 0.1) is 5.56 Å². The zero-order valence-electron chi connectivity index (χ0n) is 15.3. The Morgan fingerprint density at radius 2 is 1.96 bits per heavy atom. The van der Waals surface area contributed by atoms with Crippen molar-refractivity contribution in [3.8, 4) is 0 Å². The Balaban J connectivity index is 0.00000225. The van der Waals surface area contributed by atoms with Gasteiger partial charge in [0.2, 0.25) is 0 Å². The number of nitrogens with two attached hydrogens (primary N) is 1. The summed E-state index contributed by atoms with van der Waals surface area (Å²) in [5, 5.41) is 6.70. The van der Waals surface area contributed by atoms with Crippen LogP contribution in [0, 0.1) is 0 Å². The lowest BCUT2D eigenvalue weighted by Crippen LogP contribution is -2.37. The number of anilines is 2. The van der Waals surface area contributed by atoms with Gasteiger partial charge in [-0.25, -0.2) is 4.79 Å². The van der Waals surface area contributed by atoms with Gasteiger partial charge in [0.1, 0.15) is 5.00 Å². The third kappa shape index (κ3) is 3.72. The molecule has 9 heteroatoms. The third-order valence-electron chi connectivity index (χ3n) is 5.36. The summed E-state index contributed by atoms with van der Waals surface area (Å²) in [6.45, 7) is 3.15. The zero-order chi connectivity index (χ0) is 19.1. The molecule has 2 aliphatic rings. The van der Waals surface area contributed by atoms with Crippen LogP contribution >= 0.6 is 35.3 Å². The van der Waals surface area contributed by atoms with Crippen LogP contribution in [0.2, 0.25) is 5.02 Å². The number of thiophene rings is 1. The molecule has 3 heterocycles. The fraction of sp³-hybridized carbons (Fsp3) is 0.368. The summed E-state index contributed by atoms with van der Waals surface area (Å²) in [6, 6.07) is 7.20. The van der Waals surface area contributed by atoms with E-state index >= 15 is 0 Å². The number of nitrogens with zero attached hydrogens (tertiary/aromatic N) is 1. The maximum Gasteiger partial charge on any atom is 0.324 e. The zero-order valence-corrected chi connectivity index (χ0v) is 17.7. The first-order chi connectivity index (χ1) is 13.0. The highest BCUT2D eigenvalue weighted by atomic mass is 35.5. The van der Waals surface area contributed by atoms with Crippen molar-refractivity contribution in [3.63, 3.8) is 0 Å². The molecule has 1 fully saturated rings. The molecule has 0 saturated carbocycles. The second kappa shape index (κ2) is 8.29. The van der Waals surface area contributed by atoms with Crippen LogP contribution in [0.5, 0.6) is 0 Å². The van der Waals surface area contributed by atoms with Crippen LogP contribution in [0.15, 0.2) is 24.3 Å². The minimum absolute atomic E-state index is 0. The topological polar surface area (TPSA) is 87.5 Å². The van der Waals surface area contributed by atoms with E-state index in [1.807, 2.05) is 0 Å². The number of halogens is 2. The quantitative estimate of drug-likeness (QED) is 0.646. The molecule has 0 radical (unpaired) electrons. The van der Waals surface area contributed by atoms with Crippen LogP contribution in [0.1, 0.15) is 46.6 Å². The van der Waals surface area contributed by atoms with Crippen molar-refractivity contribution in [1.29, 1.82) is 0 Å². The lowest BCUT2D eigenvalue weighted by Gasteiger charge is -2.33. The van der Waals surface area contributed by atoms with Gasteiger partial charge >= 0.3 is 6.03 Å². The van der Waals surface area contributed by atoms with Crippen molar-refractivity contribution < 1.29 is 9.59 Å². The van der Waals surface area contributed by atoms with Gasteiger partial charge in [-0.1, -0.05) is 18.5 Å². The van der Waals surface area contributed by atoms with Crippen LogP contribution in [0.4, 0.5) is 15.5 Å². The predicted molar refractivity (Wildman–Crippen MR) is 116 cm³/mol. The lowest BCUT2D eigenvalue weighted by molar-refractivity contribution is 0.0999. The van der Waals surface area contributed by atoms with E-state index in [1.54, 1.807) is 24.3 Å². The number of amides is 3. The molecule has 1 aromatic heterocycles. The van der Waals surface area contributed by atoms with E-state index in [1.165, 1.54) is 16.2 Å². The summed E-state index contributed by atoms with van der Waals surface area (Å²) in [5.41, 5.74) is 7.78. The van der Waals surface area contributed by atoms with E-state index < -0.39 is 11.9 Å². The van der Waals surface area contributed by atoms with Crippen LogP contribution in [0.25, 0.3) is 0 Å². The molecule has 2 aliphatic heterocycles. The average Bonchev–Trinajstić information content (AvgIpc) is 3.14. The van der Waals surface area contributed by atoms with Crippen molar-refractivity contribution in [1.82, 2.24) is 4.90 Å². The van der Waals surface area contributed by atoms with Gasteiger partial charge in [-0.2, -0.15) is 0 Å². The molecule has 3 amide bonds. The van der Waals surface area contributed by atoms with Crippen molar-refractivity contribution in [2.24, 2.45) is 5.73 Å². The number of hydrogen-bond donors (Lipinski definition) is 3. The molecule has 1 saturated heterocycles. The molecule has 2 atom stereocenters. The number of carbonyl (C=O) groups is 2. The molecular weight excluding hydrogens is 419 g/mol. The highest BCUT2D eigenvalue weighted by molar-refractivity contribution is 7.17. The van der Waals surface area contributed by atoms with E-state index in [9.17, 15) is 9.59 Å². The number of rotatable bonds is 4. The van der Waals surface area contributed by atoms with Crippen LogP contribution in [-0.4, -0.2) is 29.4 Å². The van der Waals surface area contributed by atoms with E-state index in [4.69, 9.17) is 17.3 Å². The van der Waals surface area contributed by atoms with Crippen LogP contribution in [-0.2, 0) is 6.42 Å². The average molecular weight is 441 g/mol. The van der Waals surface area contributed by atoms with E-state index in [-0.39, 0.29) is 12.4 Å².